The van der Waals surface area contributed by atoms with Crippen LogP contribution in [0.4, 0.5) is 0 Å². The van der Waals surface area contributed by atoms with Crippen molar-refractivity contribution in [1.82, 2.24) is 0 Å². The number of aliphatic imine (C=N–C) groups is 1. The van der Waals surface area contributed by atoms with Crippen molar-refractivity contribution in [3.8, 4) is 0 Å². The van der Waals surface area contributed by atoms with Gasteiger partial charge in [0.2, 0.25) is 0 Å². The van der Waals surface area contributed by atoms with Crippen LogP contribution in [0.15, 0.2) is 17.1 Å². The van der Waals surface area contributed by atoms with Gasteiger partial charge in [-0.05, 0) is 18.4 Å². The Morgan fingerprint density at radius 1 is 1.20 bits per heavy atom. The van der Waals surface area contributed by atoms with E-state index in [0.29, 0.717) is 0 Å². The van der Waals surface area contributed by atoms with E-state index in [1.807, 2.05) is 0 Å². The van der Waals surface area contributed by atoms with E-state index >= 15 is 0 Å². The Morgan fingerprint density at radius 3 is 1.85 bits per heavy atom. The van der Waals surface area contributed by atoms with Gasteiger partial charge in [0.15, 0.2) is 0 Å². The van der Waals surface area contributed by atoms with Gasteiger partial charge < -0.3 is 29.9 Å². The van der Waals surface area contributed by atoms with Crippen LogP contribution >= 0.6 is 15.9 Å². The van der Waals surface area contributed by atoms with Crippen LogP contribution < -0.4 is 78.9 Å². The first kappa shape index (κ1) is 26.7. The summed E-state index contributed by atoms with van der Waals surface area (Å²) in [6.07, 6.45) is -1.12. The van der Waals surface area contributed by atoms with Crippen LogP contribution in [0.3, 0.4) is 0 Å². The quantitative estimate of drug-likeness (QED) is 0.158. The fourth-order valence-electron chi connectivity index (χ4n) is 0.894. The SMILES string of the molecule is C=C(C)C([O-])=NCCC(O)([P+]([O-])([O-])O)[P+]([O-])(O)O.[Na+].[Na+]. The van der Waals surface area contributed by atoms with Gasteiger partial charge in [-0.2, -0.15) is 0 Å². The second-order valence-corrected chi connectivity index (χ2v) is 7.52. The van der Waals surface area contributed by atoms with Crippen molar-refractivity contribution in [2.24, 2.45) is 4.99 Å². The molecule has 0 fully saturated rings. The van der Waals surface area contributed by atoms with E-state index in [0.717, 1.165) is 0 Å². The molecule has 4 N–H and O–H groups in total. The molecule has 0 aliphatic heterocycles. The van der Waals surface area contributed by atoms with Gasteiger partial charge in [-0.25, -0.2) is 9.79 Å². The molecule has 9 nitrogen and oxygen atoms in total. The van der Waals surface area contributed by atoms with E-state index < -0.39 is 39.8 Å². The first-order valence-electron chi connectivity index (χ1n) is 4.52. The normalized spacial score (nSPS) is 15.7. The number of nitrogens with zero attached hydrogens (tertiary/aromatic N) is 1. The third-order valence-electron chi connectivity index (χ3n) is 1.99. The second-order valence-electron chi connectivity index (χ2n) is 3.56. The van der Waals surface area contributed by atoms with Crippen LogP contribution in [-0.2, 0) is 0 Å². The zero-order valence-corrected chi connectivity index (χ0v) is 17.2. The first-order valence-corrected chi connectivity index (χ1v) is 7.71. The van der Waals surface area contributed by atoms with Gasteiger partial charge >= 0.3 is 72.1 Å². The summed E-state index contributed by atoms with van der Waals surface area (Å²) in [6, 6.07) is 0. The molecular formula is C7H13NNa2O8P2. The number of hydrogen-bond donors (Lipinski definition) is 4. The van der Waals surface area contributed by atoms with Crippen molar-refractivity contribution >= 4 is 21.8 Å². The minimum absolute atomic E-state index is 0. The predicted octanol–water partition coefficient (Wildman–Crippen LogP) is -10.1. The summed E-state index contributed by atoms with van der Waals surface area (Å²) in [5.41, 5.74) is 0.0315. The van der Waals surface area contributed by atoms with Crippen molar-refractivity contribution in [1.29, 1.82) is 0 Å². The molecule has 1 atom stereocenters. The minimum Gasteiger partial charge on any atom is -0.859 e. The average molecular weight is 347 g/mol. The summed E-state index contributed by atoms with van der Waals surface area (Å²) in [5, 5.41) is 16.7. The van der Waals surface area contributed by atoms with Gasteiger partial charge in [0.1, 0.15) is 7.94 Å². The zero-order chi connectivity index (χ0) is 14.8. The summed E-state index contributed by atoms with van der Waals surface area (Å²) < 4.78 is 0. The van der Waals surface area contributed by atoms with Crippen LogP contribution in [0.25, 0.3) is 0 Å². The third-order valence-corrected chi connectivity index (χ3v) is 5.81. The number of aliphatic hydroxyl groups is 1. The van der Waals surface area contributed by atoms with E-state index in [1.165, 1.54) is 6.92 Å². The van der Waals surface area contributed by atoms with Crippen molar-refractivity contribution in [2.75, 3.05) is 6.54 Å². The molecule has 0 amide bonds. The molecule has 13 heteroatoms. The molecule has 0 aliphatic rings. The molecule has 0 radical (unpaired) electrons. The van der Waals surface area contributed by atoms with E-state index in [-0.39, 0.29) is 64.7 Å². The van der Waals surface area contributed by atoms with Crippen LogP contribution in [-0.4, -0.2) is 37.3 Å². The summed E-state index contributed by atoms with van der Waals surface area (Å²) in [4.78, 5) is 61.8. The number of rotatable bonds is 6. The molecule has 0 aliphatic carbocycles. The summed E-state index contributed by atoms with van der Waals surface area (Å²) in [5.74, 6) is -0.804. The fourth-order valence-corrected chi connectivity index (χ4v) is 2.98. The molecule has 0 bridgehead atoms. The first-order chi connectivity index (χ1) is 7.83. The molecule has 0 saturated carbocycles. The maximum atomic E-state index is 11.0. The molecule has 0 rings (SSSR count). The van der Waals surface area contributed by atoms with Gasteiger partial charge in [0.25, 0.3) is 0 Å². The third kappa shape index (κ3) is 7.37. The maximum absolute atomic E-state index is 11.0. The van der Waals surface area contributed by atoms with Crippen LogP contribution in [0, 0.1) is 0 Å². The van der Waals surface area contributed by atoms with Gasteiger partial charge in [-0.3, -0.25) is 4.89 Å². The number of hydrogen-bond acceptors (Lipinski definition) is 9. The van der Waals surface area contributed by atoms with Crippen molar-refractivity contribution < 1.29 is 98.7 Å². The van der Waals surface area contributed by atoms with Crippen molar-refractivity contribution in [3.63, 3.8) is 0 Å². The van der Waals surface area contributed by atoms with Gasteiger partial charge in [-0.15, -0.1) is 0 Å². The Labute approximate surface area is 161 Å². The smallest absolute Gasteiger partial charge is 0.859 e. The summed E-state index contributed by atoms with van der Waals surface area (Å²) in [6.45, 7) is 3.87. The Balaban J connectivity index is -0.00000144. The second kappa shape index (κ2) is 9.82. The molecular weight excluding hydrogens is 334 g/mol. The van der Waals surface area contributed by atoms with Crippen LogP contribution in [0.2, 0.25) is 0 Å². The molecule has 0 aromatic carbocycles. The molecule has 0 aromatic heterocycles. The molecule has 0 saturated heterocycles. The Kier molecular flexibility index (Phi) is 13.1. The van der Waals surface area contributed by atoms with Gasteiger partial charge in [0, 0.05) is 6.54 Å². The maximum Gasteiger partial charge on any atom is 1.00 e. The molecule has 0 spiro atoms. The molecule has 0 aromatic rings. The molecule has 20 heavy (non-hydrogen) atoms. The Hall–Kier alpha value is 1.79. The standard InChI is InChI=1S/C7H15NO8P2.2Na/c1-5(2)6(9)8-4-3-7(10,17(11,12)13)18(14,15)16;;/h10H,1,3-4H2,2H3,(H,8,9)(H2,11,12,13)(H2,14,15,16);;/q;2*+1/p-2. The monoisotopic (exact) mass is 347 g/mol. The zero-order valence-electron chi connectivity index (χ0n) is 11.4. The van der Waals surface area contributed by atoms with Crippen molar-refractivity contribution in [3.05, 3.63) is 12.2 Å². The Bertz CT molecular complexity index is 340. The van der Waals surface area contributed by atoms with E-state index in [9.17, 15) is 24.9 Å². The van der Waals surface area contributed by atoms with E-state index in [4.69, 9.17) is 14.7 Å². The minimum atomic E-state index is -5.74. The largest absolute Gasteiger partial charge is 1.00 e. The Morgan fingerprint density at radius 2 is 1.60 bits per heavy atom. The molecule has 106 valence electrons. The van der Waals surface area contributed by atoms with Crippen LogP contribution in [0.5, 0.6) is 0 Å². The predicted molar refractivity (Wildman–Crippen MR) is 57.2 cm³/mol. The van der Waals surface area contributed by atoms with Gasteiger partial charge in [0.05, 0.1) is 6.42 Å². The van der Waals surface area contributed by atoms with Gasteiger partial charge in [-0.1, -0.05) is 6.58 Å². The van der Waals surface area contributed by atoms with E-state index in [1.54, 1.807) is 0 Å². The summed E-state index contributed by atoms with van der Waals surface area (Å²) in [7, 11) is -11.3. The summed E-state index contributed by atoms with van der Waals surface area (Å²) >= 11 is 0. The average Bonchev–Trinajstić information content (AvgIpc) is 2.13. The topological polar surface area (TPSA) is 186 Å². The molecule has 0 heterocycles. The van der Waals surface area contributed by atoms with Crippen LogP contribution in [0.1, 0.15) is 13.3 Å². The van der Waals surface area contributed by atoms with Crippen molar-refractivity contribution in [2.45, 2.75) is 18.4 Å². The molecule has 1 unspecified atom stereocenters. The van der Waals surface area contributed by atoms with E-state index in [2.05, 4.69) is 11.6 Å². The fraction of sp³-hybridized carbons (Fsp3) is 0.571.